The van der Waals surface area contributed by atoms with Crippen LogP contribution in [0.15, 0.2) is 18.2 Å². The van der Waals surface area contributed by atoms with Crippen LogP contribution in [0.3, 0.4) is 0 Å². The molecule has 152 valence electrons. The van der Waals surface area contributed by atoms with Crippen molar-refractivity contribution >= 4 is 5.97 Å². The van der Waals surface area contributed by atoms with Gasteiger partial charge in [0.15, 0.2) is 29.1 Å². The second-order valence-electron chi connectivity index (χ2n) is 7.53. The lowest BCUT2D eigenvalue weighted by Gasteiger charge is -2.44. The van der Waals surface area contributed by atoms with Gasteiger partial charge in [-0.05, 0) is 48.4 Å². The Kier molecular flexibility index (Phi) is 4.10. The third-order valence-corrected chi connectivity index (χ3v) is 6.01. The standard InChI is InChI=1S/C22H23NO6/c1-11(24)29-22-18-13(5-6-14(25-3)20(18)26-4)17-16-12(7-8-23(2)19(16)22)9-15-21(17)28-10-27-15/h5-6,9,19,22H,7-8,10H2,1-4H3/t19-,22+/m0/s1. The van der Waals surface area contributed by atoms with Gasteiger partial charge >= 0.3 is 5.97 Å². The molecule has 2 aromatic carbocycles. The number of carbonyl (C=O) groups is 1. The molecule has 0 bridgehead atoms. The zero-order chi connectivity index (χ0) is 20.3. The Morgan fingerprint density at radius 1 is 1.17 bits per heavy atom. The van der Waals surface area contributed by atoms with E-state index in [4.69, 9.17) is 23.7 Å². The molecule has 7 heteroatoms. The molecule has 7 nitrogen and oxygen atoms in total. The lowest BCUT2D eigenvalue weighted by Crippen LogP contribution is -2.39. The summed E-state index contributed by atoms with van der Waals surface area (Å²) in [6, 6.07) is 5.77. The third kappa shape index (κ3) is 2.50. The van der Waals surface area contributed by atoms with E-state index in [1.54, 1.807) is 14.2 Å². The number of hydrogen-bond acceptors (Lipinski definition) is 7. The number of benzene rings is 2. The van der Waals surface area contributed by atoms with Gasteiger partial charge in [-0.25, -0.2) is 0 Å². The number of ether oxygens (including phenoxy) is 5. The van der Waals surface area contributed by atoms with Crippen LogP contribution in [0.1, 0.15) is 35.8 Å². The number of methoxy groups -OCH3 is 2. The van der Waals surface area contributed by atoms with Crippen LogP contribution < -0.4 is 18.9 Å². The number of esters is 1. The van der Waals surface area contributed by atoms with E-state index >= 15 is 0 Å². The molecule has 2 heterocycles. The SMILES string of the molecule is COc1ccc2c(c1OC)[C@@H](OC(C)=O)[C@@H]1c3c(cc4c(c3-2)OCO4)CCN1C. The van der Waals surface area contributed by atoms with Crippen molar-refractivity contribution in [3.63, 3.8) is 0 Å². The van der Waals surface area contributed by atoms with Gasteiger partial charge in [-0.3, -0.25) is 9.69 Å². The Balaban J connectivity index is 1.88. The molecule has 29 heavy (non-hydrogen) atoms. The molecule has 2 atom stereocenters. The Morgan fingerprint density at radius 2 is 2.00 bits per heavy atom. The Bertz CT molecular complexity index is 1020. The average Bonchev–Trinajstić information content (AvgIpc) is 3.18. The van der Waals surface area contributed by atoms with E-state index < -0.39 is 6.10 Å². The van der Waals surface area contributed by atoms with Crippen molar-refractivity contribution in [2.24, 2.45) is 0 Å². The van der Waals surface area contributed by atoms with E-state index in [0.29, 0.717) is 11.5 Å². The molecule has 0 saturated heterocycles. The van der Waals surface area contributed by atoms with Crippen molar-refractivity contribution in [2.45, 2.75) is 25.5 Å². The van der Waals surface area contributed by atoms with E-state index in [9.17, 15) is 4.79 Å². The molecule has 0 fully saturated rings. The topological polar surface area (TPSA) is 66.5 Å². The summed E-state index contributed by atoms with van der Waals surface area (Å²) in [7, 11) is 5.25. The molecule has 0 unspecified atom stereocenters. The highest BCUT2D eigenvalue weighted by Gasteiger charge is 2.46. The first kappa shape index (κ1) is 18.1. The highest BCUT2D eigenvalue weighted by Crippen LogP contribution is 2.60. The van der Waals surface area contributed by atoms with Crippen molar-refractivity contribution < 1.29 is 28.5 Å². The monoisotopic (exact) mass is 397 g/mol. The van der Waals surface area contributed by atoms with Gasteiger partial charge in [-0.1, -0.05) is 0 Å². The molecule has 3 aliphatic rings. The molecule has 0 amide bonds. The van der Waals surface area contributed by atoms with E-state index in [1.165, 1.54) is 12.5 Å². The average molecular weight is 397 g/mol. The molecular formula is C22H23NO6. The minimum absolute atomic E-state index is 0.152. The van der Waals surface area contributed by atoms with Crippen molar-refractivity contribution in [3.05, 3.63) is 34.9 Å². The summed E-state index contributed by atoms with van der Waals surface area (Å²) in [4.78, 5) is 14.3. The third-order valence-electron chi connectivity index (χ3n) is 6.01. The van der Waals surface area contributed by atoms with Gasteiger partial charge in [0, 0.05) is 24.6 Å². The number of nitrogens with zero attached hydrogens (tertiary/aromatic N) is 1. The van der Waals surface area contributed by atoms with E-state index in [2.05, 4.69) is 18.0 Å². The predicted molar refractivity (Wildman–Crippen MR) is 105 cm³/mol. The number of hydrogen-bond donors (Lipinski definition) is 0. The summed E-state index contributed by atoms with van der Waals surface area (Å²) in [6.45, 7) is 2.48. The first-order valence-corrected chi connectivity index (χ1v) is 9.63. The fraction of sp³-hybridized carbons (Fsp3) is 0.409. The zero-order valence-electron chi connectivity index (χ0n) is 16.9. The minimum Gasteiger partial charge on any atom is -0.493 e. The van der Waals surface area contributed by atoms with Crippen LogP contribution in [-0.2, 0) is 16.0 Å². The van der Waals surface area contributed by atoms with Crippen LogP contribution in [0.4, 0.5) is 0 Å². The van der Waals surface area contributed by atoms with Crippen LogP contribution in [0.25, 0.3) is 11.1 Å². The molecule has 0 N–H and O–H groups in total. The summed E-state index contributed by atoms with van der Waals surface area (Å²) in [6.07, 6.45) is 0.367. The van der Waals surface area contributed by atoms with Gasteiger partial charge in [0.2, 0.25) is 6.79 Å². The van der Waals surface area contributed by atoms with Crippen LogP contribution in [-0.4, -0.2) is 45.5 Å². The van der Waals surface area contributed by atoms with Crippen molar-refractivity contribution in [3.8, 4) is 34.1 Å². The van der Waals surface area contributed by atoms with Crippen molar-refractivity contribution in [1.82, 2.24) is 4.90 Å². The summed E-state index contributed by atoms with van der Waals surface area (Å²) in [5, 5.41) is 0. The first-order chi connectivity index (χ1) is 14.0. The Hall–Kier alpha value is -2.93. The maximum absolute atomic E-state index is 12.1. The van der Waals surface area contributed by atoms with Crippen LogP contribution in [0.2, 0.25) is 0 Å². The normalized spacial score (nSPS) is 21.2. The maximum Gasteiger partial charge on any atom is 0.303 e. The molecular weight excluding hydrogens is 374 g/mol. The van der Waals surface area contributed by atoms with Gasteiger partial charge in [0.05, 0.1) is 20.3 Å². The minimum atomic E-state index is -0.524. The summed E-state index contributed by atoms with van der Waals surface area (Å²) in [5.41, 5.74) is 5.03. The first-order valence-electron chi connectivity index (χ1n) is 9.63. The highest BCUT2D eigenvalue weighted by atomic mass is 16.7. The van der Waals surface area contributed by atoms with Gasteiger partial charge in [-0.2, -0.15) is 0 Å². The van der Waals surface area contributed by atoms with Crippen LogP contribution >= 0.6 is 0 Å². The summed E-state index contributed by atoms with van der Waals surface area (Å²) >= 11 is 0. The number of carbonyl (C=O) groups excluding carboxylic acids is 1. The fourth-order valence-electron chi connectivity index (χ4n) is 4.87. The lowest BCUT2D eigenvalue weighted by atomic mass is 9.74. The number of rotatable bonds is 3. The quantitative estimate of drug-likeness (QED) is 0.737. The molecule has 2 aromatic rings. The molecule has 0 saturated carbocycles. The van der Waals surface area contributed by atoms with Gasteiger partial charge in [0.25, 0.3) is 0 Å². The number of fused-ring (bicyclic) bond motifs is 4. The fourth-order valence-corrected chi connectivity index (χ4v) is 4.87. The second-order valence-corrected chi connectivity index (χ2v) is 7.53. The van der Waals surface area contributed by atoms with E-state index in [0.717, 1.165) is 46.7 Å². The zero-order valence-corrected chi connectivity index (χ0v) is 16.9. The smallest absolute Gasteiger partial charge is 0.303 e. The summed E-state index contributed by atoms with van der Waals surface area (Å²) in [5.74, 6) is 2.32. The molecule has 0 spiro atoms. The second kappa shape index (κ2) is 6.56. The Labute approximate surface area is 169 Å². The van der Waals surface area contributed by atoms with E-state index in [1.807, 2.05) is 12.1 Å². The number of likely N-dealkylation sites (N-methyl/N-ethyl adjacent to an activating group) is 1. The maximum atomic E-state index is 12.1. The predicted octanol–water partition coefficient (Wildman–Crippen LogP) is 3.25. The largest absolute Gasteiger partial charge is 0.493 e. The van der Waals surface area contributed by atoms with Gasteiger partial charge < -0.3 is 23.7 Å². The highest BCUT2D eigenvalue weighted by molar-refractivity contribution is 5.87. The van der Waals surface area contributed by atoms with Gasteiger partial charge in [0.1, 0.15) is 0 Å². The van der Waals surface area contributed by atoms with Crippen molar-refractivity contribution in [1.29, 1.82) is 0 Å². The van der Waals surface area contributed by atoms with Crippen LogP contribution in [0, 0.1) is 0 Å². The molecule has 1 aliphatic carbocycles. The van der Waals surface area contributed by atoms with Crippen LogP contribution in [0.5, 0.6) is 23.0 Å². The molecule has 5 rings (SSSR count). The van der Waals surface area contributed by atoms with Gasteiger partial charge in [-0.15, -0.1) is 0 Å². The van der Waals surface area contributed by atoms with E-state index in [-0.39, 0.29) is 18.8 Å². The molecule has 0 radical (unpaired) electrons. The molecule has 2 aliphatic heterocycles. The summed E-state index contributed by atoms with van der Waals surface area (Å²) < 4.78 is 28.8. The lowest BCUT2D eigenvalue weighted by molar-refractivity contribution is -0.151. The molecule has 0 aromatic heterocycles. The van der Waals surface area contributed by atoms with Crippen molar-refractivity contribution in [2.75, 3.05) is 34.6 Å². The Morgan fingerprint density at radius 3 is 2.72 bits per heavy atom.